The van der Waals surface area contributed by atoms with Crippen LogP contribution >= 0.6 is 0 Å². The van der Waals surface area contributed by atoms with Gasteiger partial charge >= 0.3 is 0 Å². The number of nitrogens with zero attached hydrogens (tertiary/aromatic N) is 1. The minimum absolute atomic E-state index is 0.169. The number of ether oxygens (including phenoxy) is 2. The molecule has 2 fully saturated rings. The van der Waals surface area contributed by atoms with Gasteiger partial charge in [-0.2, -0.15) is 0 Å². The fraction of sp³-hybridized carbons (Fsp3) is 0.650. The molecular formula is C20H29NO3. The van der Waals surface area contributed by atoms with Crippen LogP contribution in [0.2, 0.25) is 0 Å². The molecule has 2 aliphatic rings. The molecule has 0 radical (unpaired) electrons. The summed E-state index contributed by atoms with van der Waals surface area (Å²) in [7, 11) is 0. The molecule has 2 saturated heterocycles. The second-order valence-corrected chi connectivity index (χ2v) is 7.94. The summed E-state index contributed by atoms with van der Waals surface area (Å²) in [5.74, 6) is -0.165. The van der Waals surface area contributed by atoms with Crippen LogP contribution < -0.4 is 0 Å². The normalized spacial score (nSPS) is 20.5. The van der Waals surface area contributed by atoms with Crippen molar-refractivity contribution in [1.29, 1.82) is 0 Å². The van der Waals surface area contributed by atoms with Crippen molar-refractivity contribution in [3.8, 4) is 0 Å². The highest BCUT2D eigenvalue weighted by molar-refractivity contribution is 5.76. The van der Waals surface area contributed by atoms with E-state index in [-0.39, 0.29) is 11.3 Å². The van der Waals surface area contributed by atoms with Gasteiger partial charge in [0.25, 0.3) is 0 Å². The van der Waals surface area contributed by atoms with E-state index >= 15 is 0 Å². The molecule has 0 atom stereocenters. The maximum absolute atomic E-state index is 12.4. The number of carbonyl (C=O) groups is 1. The maximum atomic E-state index is 12.4. The van der Waals surface area contributed by atoms with Gasteiger partial charge < -0.3 is 14.4 Å². The number of hydrogen-bond donors (Lipinski definition) is 0. The smallest absolute Gasteiger partial charge is 0.222 e. The molecular weight excluding hydrogens is 302 g/mol. The van der Waals surface area contributed by atoms with Crippen LogP contribution in [0, 0.1) is 0 Å². The first kappa shape index (κ1) is 17.4. The third-order valence-corrected chi connectivity index (χ3v) is 5.14. The van der Waals surface area contributed by atoms with E-state index in [1.165, 1.54) is 11.1 Å². The molecule has 4 heteroatoms. The van der Waals surface area contributed by atoms with E-state index in [4.69, 9.17) is 9.47 Å². The van der Waals surface area contributed by atoms with Gasteiger partial charge in [-0.1, -0.05) is 45.0 Å². The summed E-state index contributed by atoms with van der Waals surface area (Å²) in [6.07, 6.45) is 2.96. The average molecular weight is 331 g/mol. The van der Waals surface area contributed by atoms with Crippen molar-refractivity contribution in [3.05, 3.63) is 35.4 Å². The molecule has 3 rings (SSSR count). The lowest BCUT2D eigenvalue weighted by Gasteiger charge is -2.37. The fourth-order valence-corrected chi connectivity index (χ4v) is 3.46. The van der Waals surface area contributed by atoms with Crippen LogP contribution in [0.5, 0.6) is 0 Å². The fourth-order valence-electron chi connectivity index (χ4n) is 3.46. The second-order valence-electron chi connectivity index (χ2n) is 7.94. The Bertz CT molecular complexity index is 558. The summed E-state index contributed by atoms with van der Waals surface area (Å²) < 4.78 is 11.4. The van der Waals surface area contributed by atoms with Crippen LogP contribution in [0.15, 0.2) is 24.3 Å². The summed E-state index contributed by atoms with van der Waals surface area (Å²) >= 11 is 0. The Kier molecular flexibility index (Phi) is 4.97. The first-order valence-corrected chi connectivity index (χ1v) is 9.03. The third kappa shape index (κ3) is 3.98. The monoisotopic (exact) mass is 331 g/mol. The van der Waals surface area contributed by atoms with Crippen LogP contribution in [-0.4, -0.2) is 42.9 Å². The molecule has 1 spiro atoms. The lowest BCUT2D eigenvalue weighted by atomic mass is 9.86. The van der Waals surface area contributed by atoms with Gasteiger partial charge in [0.2, 0.25) is 5.91 Å². The standard InChI is InChI=1S/C20H29NO3/c1-19(2,3)17-7-4-16(5-8-17)6-9-18(22)21-12-10-20(11-13-21)23-14-15-24-20/h4-5,7-8H,6,9-15H2,1-3H3. The highest BCUT2D eigenvalue weighted by Gasteiger charge is 2.40. The number of likely N-dealkylation sites (tertiary alicyclic amines) is 1. The Morgan fingerprint density at radius 3 is 2.21 bits per heavy atom. The molecule has 1 aromatic carbocycles. The van der Waals surface area contributed by atoms with Gasteiger partial charge in [0.15, 0.2) is 5.79 Å². The molecule has 132 valence electrons. The number of aryl methyl sites for hydroxylation is 1. The van der Waals surface area contributed by atoms with Gasteiger partial charge in [0, 0.05) is 32.4 Å². The molecule has 0 aliphatic carbocycles. The third-order valence-electron chi connectivity index (χ3n) is 5.14. The van der Waals surface area contributed by atoms with Crippen molar-refractivity contribution in [1.82, 2.24) is 4.90 Å². The molecule has 1 aromatic rings. The highest BCUT2D eigenvalue weighted by Crippen LogP contribution is 2.31. The second kappa shape index (κ2) is 6.85. The number of piperidine rings is 1. The summed E-state index contributed by atoms with van der Waals surface area (Å²) in [5, 5.41) is 0. The van der Waals surface area contributed by atoms with Crippen LogP contribution in [0.3, 0.4) is 0 Å². The quantitative estimate of drug-likeness (QED) is 0.853. The van der Waals surface area contributed by atoms with Gasteiger partial charge in [-0.25, -0.2) is 0 Å². The van der Waals surface area contributed by atoms with Gasteiger partial charge in [-0.3, -0.25) is 4.79 Å². The predicted octanol–water partition coefficient (Wildman–Crippen LogP) is 3.28. The number of carbonyl (C=O) groups excluding carboxylic acids is 1. The van der Waals surface area contributed by atoms with E-state index in [1.807, 2.05) is 4.90 Å². The van der Waals surface area contributed by atoms with Crippen LogP contribution in [0.1, 0.15) is 51.2 Å². The molecule has 0 aromatic heterocycles. The SMILES string of the molecule is CC(C)(C)c1ccc(CCC(=O)N2CCC3(CC2)OCCO3)cc1. The summed E-state index contributed by atoms with van der Waals surface area (Å²) in [4.78, 5) is 14.4. The zero-order chi connectivity index (χ0) is 17.2. The van der Waals surface area contributed by atoms with E-state index in [9.17, 15) is 4.79 Å². The van der Waals surface area contributed by atoms with E-state index in [1.54, 1.807) is 0 Å². The Labute approximate surface area is 145 Å². The van der Waals surface area contributed by atoms with Crippen molar-refractivity contribution >= 4 is 5.91 Å². The van der Waals surface area contributed by atoms with Gasteiger partial charge in [-0.05, 0) is 23.0 Å². The molecule has 4 nitrogen and oxygen atoms in total. The maximum Gasteiger partial charge on any atom is 0.222 e. The first-order chi connectivity index (χ1) is 11.4. The minimum Gasteiger partial charge on any atom is -0.347 e. The molecule has 0 saturated carbocycles. The summed E-state index contributed by atoms with van der Waals surface area (Å²) in [6.45, 7) is 9.48. The van der Waals surface area contributed by atoms with E-state index in [0.29, 0.717) is 19.6 Å². The topological polar surface area (TPSA) is 38.8 Å². The highest BCUT2D eigenvalue weighted by atomic mass is 16.7. The molecule has 2 aliphatic heterocycles. The van der Waals surface area contributed by atoms with Crippen molar-refractivity contribution in [3.63, 3.8) is 0 Å². The number of rotatable bonds is 3. The summed E-state index contributed by atoms with van der Waals surface area (Å²) in [5.41, 5.74) is 2.73. The molecule has 0 bridgehead atoms. The molecule has 0 N–H and O–H groups in total. The molecule has 24 heavy (non-hydrogen) atoms. The largest absolute Gasteiger partial charge is 0.347 e. The lowest BCUT2D eigenvalue weighted by Crippen LogP contribution is -2.47. The van der Waals surface area contributed by atoms with Gasteiger partial charge in [0.1, 0.15) is 0 Å². The molecule has 1 amide bonds. The van der Waals surface area contributed by atoms with Gasteiger partial charge in [-0.15, -0.1) is 0 Å². The molecule has 2 heterocycles. The Morgan fingerprint density at radius 2 is 1.67 bits per heavy atom. The Balaban J connectivity index is 1.47. The minimum atomic E-state index is -0.403. The van der Waals surface area contributed by atoms with Crippen LogP contribution in [-0.2, 0) is 26.1 Å². The van der Waals surface area contributed by atoms with Crippen molar-refractivity contribution in [2.24, 2.45) is 0 Å². The summed E-state index contributed by atoms with van der Waals surface area (Å²) in [6, 6.07) is 8.66. The first-order valence-electron chi connectivity index (χ1n) is 9.03. The van der Waals surface area contributed by atoms with Crippen molar-refractivity contribution in [2.75, 3.05) is 26.3 Å². The Morgan fingerprint density at radius 1 is 1.08 bits per heavy atom. The lowest BCUT2D eigenvalue weighted by molar-refractivity contribution is -0.187. The number of hydrogen-bond acceptors (Lipinski definition) is 3. The molecule has 0 unspecified atom stereocenters. The van der Waals surface area contributed by atoms with E-state index in [0.717, 1.165) is 32.4 Å². The van der Waals surface area contributed by atoms with E-state index < -0.39 is 5.79 Å². The van der Waals surface area contributed by atoms with Crippen LogP contribution in [0.25, 0.3) is 0 Å². The average Bonchev–Trinajstić information content (AvgIpc) is 3.01. The van der Waals surface area contributed by atoms with Crippen LogP contribution in [0.4, 0.5) is 0 Å². The predicted molar refractivity (Wildman–Crippen MR) is 93.9 cm³/mol. The zero-order valence-corrected chi connectivity index (χ0v) is 15.1. The van der Waals surface area contributed by atoms with E-state index in [2.05, 4.69) is 45.0 Å². The Hall–Kier alpha value is -1.39. The van der Waals surface area contributed by atoms with Gasteiger partial charge in [0.05, 0.1) is 13.2 Å². The number of benzene rings is 1. The van der Waals surface area contributed by atoms with Crippen molar-refractivity contribution < 1.29 is 14.3 Å². The number of amides is 1. The van der Waals surface area contributed by atoms with Crippen molar-refractivity contribution in [2.45, 2.75) is 57.7 Å². The zero-order valence-electron chi connectivity index (χ0n) is 15.1.